The minimum absolute atomic E-state index is 0.0186. The molecule has 39 heavy (non-hydrogen) atoms. The number of aliphatic hydroxyl groups is 1. The van der Waals surface area contributed by atoms with E-state index in [1.807, 2.05) is 24.3 Å². The predicted molar refractivity (Wildman–Crippen MR) is 139 cm³/mol. The number of ether oxygens (including phenoxy) is 2. The van der Waals surface area contributed by atoms with Gasteiger partial charge in [-0.15, -0.1) is 13.2 Å². The van der Waals surface area contributed by atoms with Gasteiger partial charge in [0.05, 0.1) is 5.60 Å². The van der Waals surface area contributed by atoms with Crippen LogP contribution in [0.5, 0.6) is 5.75 Å². The number of carbonyl (C=O) groups is 1. The fourth-order valence-electron chi connectivity index (χ4n) is 6.87. The third kappa shape index (κ3) is 5.10. The van der Waals surface area contributed by atoms with Crippen LogP contribution in [0.4, 0.5) is 18.0 Å². The van der Waals surface area contributed by atoms with Crippen molar-refractivity contribution in [2.24, 2.45) is 0 Å². The van der Waals surface area contributed by atoms with Gasteiger partial charge in [0, 0.05) is 24.4 Å². The Morgan fingerprint density at radius 2 is 1.46 bits per heavy atom. The van der Waals surface area contributed by atoms with Crippen molar-refractivity contribution in [1.82, 2.24) is 4.90 Å². The van der Waals surface area contributed by atoms with E-state index in [0.717, 1.165) is 28.7 Å². The molecule has 2 fully saturated rings. The highest BCUT2D eigenvalue weighted by Crippen LogP contribution is 2.46. The lowest BCUT2D eigenvalue weighted by Crippen LogP contribution is -2.60. The summed E-state index contributed by atoms with van der Waals surface area (Å²) in [6.45, 7) is 0.217. The van der Waals surface area contributed by atoms with E-state index in [-0.39, 0.29) is 49.6 Å². The first kappa shape index (κ1) is 25.7. The summed E-state index contributed by atoms with van der Waals surface area (Å²) in [5, 5.41) is 11.6. The van der Waals surface area contributed by atoms with Gasteiger partial charge >= 0.3 is 12.5 Å². The Hall–Kier alpha value is -3.52. The monoisotopic (exact) mass is 537 g/mol. The van der Waals surface area contributed by atoms with E-state index in [2.05, 4.69) is 29.0 Å². The molecule has 8 heteroatoms. The maximum Gasteiger partial charge on any atom is 0.573 e. The zero-order valence-electron chi connectivity index (χ0n) is 21.4. The largest absolute Gasteiger partial charge is 0.573 e. The molecule has 2 saturated heterocycles. The van der Waals surface area contributed by atoms with Gasteiger partial charge in [0.15, 0.2) is 0 Å². The molecule has 5 nitrogen and oxygen atoms in total. The molecule has 0 aromatic heterocycles. The maximum absolute atomic E-state index is 13.4. The number of piperidine rings is 2. The zero-order chi connectivity index (χ0) is 27.2. The number of para-hydroxylation sites is 1. The van der Waals surface area contributed by atoms with Crippen molar-refractivity contribution in [3.05, 3.63) is 89.5 Å². The SMILES string of the molecule is O=C(OCC1c2ccccc2-c2ccccc21)N1C2CCCC1CC(O)(Cc1ccccc1OC(F)(F)F)C2. The van der Waals surface area contributed by atoms with Crippen LogP contribution in [0.25, 0.3) is 11.1 Å². The molecule has 3 aromatic carbocycles. The van der Waals surface area contributed by atoms with Crippen LogP contribution < -0.4 is 4.74 Å². The van der Waals surface area contributed by atoms with Gasteiger partial charge in [0.1, 0.15) is 12.4 Å². The smallest absolute Gasteiger partial charge is 0.448 e. The molecule has 0 radical (unpaired) electrons. The summed E-state index contributed by atoms with van der Waals surface area (Å²) in [5.74, 6) is -0.351. The van der Waals surface area contributed by atoms with Crippen molar-refractivity contribution in [1.29, 1.82) is 0 Å². The number of carbonyl (C=O) groups excluding carboxylic acids is 1. The molecule has 6 rings (SSSR count). The quantitative estimate of drug-likeness (QED) is 0.388. The Morgan fingerprint density at radius 1 is 0.897 bits per heavy atom. The van der Waals surface area contributed by atoms with E-state index in [0.29, 0.717) is 18.4 Å². The summed E-state index contributed by atoms with van der Waals surface area (Å²) in [6, 6.07) is 21.8. The highest BCUT2D eigenvalue weighted by molar-refractivity contribution is 5.79. The van der Waals surface area contributed by atoms with Crippen molar-refractivity contribution in [3.63, 3.8) is 0 Å². The zero-order valence-corrected chi connectivity index (χ0v) is 21.4. The van der Waals surface area contributed by atoms with Gasteiger partial charge in [-0.05, 0) is 66.0 Å². The number of halogens is 3. The fourth-order valence-corrected chi connectivity index (χ4v) is 6.87. The molecule has 0 spiro atoms. The summed E-state index contributed by atoms with van der Waals surface area (Å²) in [7, 11) is 0. The molecule has 2 bridgehead atoms. The van der Waals surface area contributed by atoms with Crippen molar-refractivity contribution in [3.8, 4) is 16.9 Å². The van der Waals surface area contributed by atoms with E-state index in [4.69, 9.17) is 4.74 Å². The lowest BCUT2D eigenvalue weighted by Gasteiger charge is -2.51. The van der Waals surface area contributed by atoms with Crippen LogP contribution in [-0.2, 0) is 11.2 Å². The molecule has 1 aliphatic carbocycles. The number of amides is 1. The molecular weight excluding hydrogens is 507 g/mol. The maximum atomic E-state index is 13.4. The van der Waals surface area contributed by atoms with Gasteiger partial charge in [-0.25, -0.2) is 4.79 Å². The normalized spacial score (nSPS) is 24.2. The Labute approximate surface area is 225 Å². The summed E-state index contributed by atoms with van der Waals surface area (Å²) >= 11 is 0. The first-order valence-electron chi connectivity index (χ1n) is 13.4. The lowest BCUT2D eigenvalue weighted by molar-refractivity contribution is -0.275. The third-order valence-electron chi connectivity index (χ3n) is 8.36. The fraction of sp³-hybridized carbons (Fsp3) is 0.387. The van der Waals surface area contributed by atoms with Gasteiger partial charge in [-0.3, -0.25) is 0 Å². The number of fused-ring (bicyclic) bond motifs is 5. The van der Waals surface area contributed by atoms with Crippen LogP contribution >= 0.6 is 0 Å². The molecular formula is C31H30F3NO4. The molecule has 1 N–H and O–H groups in total. The Balaban J connectivity index is 1.16. The number of hydrogen-bond donors (Lipinski definition) is 1. The molecule has 204 valence electrons. The van der Waals surface area contributed by atoms with E-state index in [1.165, 1.54) is 12.1 Å². The number of hydrogen-bond acceptors (Lipinski definition) is 4. The van der Waals surface area contributed by atoms with Crippen molar-refractivity contribution in [2.75, 3.05) is 6.61 Å². The molecule has 2 aliphatic heterocycles. The van der Waals surface area contributed by atoms with Crippen LogP contribution in [0.15, 0.2) is 72.8 Å². The Kier molecular flexibility index (Phi) is 6.53. The van der Waals surface area contributed by atoms with Gasteiger partial charge in [-0.1, -0.05) is 66.7 Å². The lowest BCUT2D eigenvalue weighted by atomic mass is 9.73. The molecule has 0 saturated carbocycles. The first-order valence-corrected chi connectivity index (χ1v) is 13.4. The summed E-state index contributed by atoms with van der Waals surface area (Å²) in [5.41, 5.74) is 3.64. The molecule has 2 heterocycles. The molecule has 2 atom stereocenters. The summed E-state index contributed by atoms with van der Waals surface area (Å²) in [4.78, 5) is 15.2. The number of rotatable bonds is 5. The Morgan fingerprint density at radius 3 is 2.08 bits per heavy atom. The highest BCUT2D eigenvalue weighted by Gasteiger charge is 2.48. The van der Waals surface area contributed by atoms with Gasteiger partial charge in [-0.2, -0.15) is 0 Å². The van der Waals surface area contributed by atoms with E-state index >= 15 is 0 Å². The van der Waals surface area contributed by atoms with Gasteiger partial charge in [0.25, 0.3) is 0 Å². The molecule has 2 unspecified atom stereocenters. The van der Waals surface area contributed by atoms with Crippen LogP contribution in [0.1, 0.15) is 54.7 Å². The van der Waals surface area contributed by atoms with Gasteiger partial charge in [0.2, 0.25) is 0 Å². The predicted octanol–water partition coefficient (Wildman–Crippen LogP) is 6.82. The van der Waals surface area contributed by atoms with Crippen LogP contribution in [0.2, 0.25) is 0 Å². The van der Waals surface area contributed by atoms with E-state index < -0.39 is 18.1 Å². The topological polar surface area (TPSA) is 59.0 Å². The third-order valence-corrected chi connectivity index (χ3v) is 8.36. The van der Waals surface area contributed by atoms with Crippen molar-refractivity contribution < 1.29 is 32.5 Å². The second-order valence-electron chi connectivity index (χ2n) is 10.9. The second kappa shape index (κ2) is 9.90. The number of nitrogens with zero attached hydrogens (tertiary/aromatic N) is 1. The summed E-state index contributed by atoms with van der Waals surface area (Å²) < 4.78 is 48.9. The summed E-state index contributed by atoms with van der Waals surface area (Å²) in [6.07, 6.45) is -2.30. The minimum atomic E-state index is -4.82. The molecule has 3 aromatic rings. The Bertz CT molecular complexity index is 1310. The first-order chi connectivity index (χ1) is 18.7. The average molecular weight is 538 g/mol. The van der Waals surface area contributed by atoms with Gasteiger partial charge < -0.3 is 19.5 Å². The number of alkyl halides is 3. The average Bonchev–Trinajstić information content (AvgIpc) is 3.21. The molecule has 3 aliphatic rings. The highest BCUT2D eigenvalue weighted by atomic mass is 19.4. The van der Waals surface area contributed by atoms with Crippen molar-refractivity contribution >= 4 is 6.09 Å². The second-order valence-corrected chi connectivity index (χ2v) is 10.9. The minimum Gasteiger partial charge on any atom is -0.448 e. The van der Waals surface area contributed by atoms with Crippen molar-refractivity contribution in [2.45, 2.75) is 68.5 Å². The standard InChI is InChI=1S/C31H30F3NO4/c32-31(33,34)39-28-15-6-1-8-20(28)16-30(37)17-21-9-7-10-22(18-30)35(21)29(36)38-19-27-25-13-4-2-11-23(25)24-12-3-5-14-26(24)27/h1-6,8,11-15,21-22,27,37H,7,9-10,16-19H2. The van der Waals surface area contributed by atoms with Crippen LogP contribution in [-0.4, -0.2) is 46.8 Å². The van der Waals surface area contributed by atoms with Crippen LogP contribution in [0.3, 0.4) is 0 Å². The van der Waals surface area contributed by atoms with E-state index in [9.17, 15) is 23.1 Å². The van der Waals surface area contributed by atoms with E-state index in [1.54, 1.807) is 17.0 Å². The molecule has 1 amide bonds. The van der Waals surface area contributed by atoms with Crippen LogP contribution in [0, 0.1) is 0 Å². The number of benzene rings is 3.